The summed E-state index contributed by atoms with van der Waals surface area (Å²) in [6, 6.07) is 103. The first-order valence-electron chi connectivity index (χ1n) is 33.0. The van der Waals surface area contributed by atoms with Gasteiger partial charge in [0, 0.05) is 62.6 Å². The Kier molecular flexibility index (Phi) is 16.0. The fourth-order valence-corrected chi connectivity index (χ4v) is 13.8. The fraction of sp³-hybridized carbons (Fsp3) is 0.133. The van der Waals surface area contributed by atoms with E-state index in [0.717, 1.165) is 41.6 Å². The van der Waals surface area contributed by atoms with E-state index < -0.39 is 0 Å². The van der Waals surface area contributed by atoms with E-state index in [0.29, 0.717) is 13.2 Å². The Morgan fingerprint density at radius 3 is 0.884 bits per heavy atom. The Bertz CT molecular complexity index is 5270. The van der Waals surface area contributed by atoms with E-state index in [1.807, 2.05) is 0 Å². The normalized spacial score (nSPS) is 15.2. The lowest BCUT2D eigenvalue weighted by atomic mass is 9.77. The molecule has 3 aliphatic rings. The predicted octanol–water partition coefficient (Wildman–Crippen LogP) is 17.5. The number of aromatic nitrogens is 3. The lowest BCUT2D eigenvalue weighted by Gasteiger charge is -2.32. The van der Waals surface area contributed by atoms with Gasteiger partial charge in [0.05, 0.1) is 57.5 Å². The van der Waals surface area contributed by atoms with Crippen molar-refractivity contribution in [3.63, 3.8) is 0 Å². The maximum absolute atomic E-state index is 6.30. The van der Waals surface area contributed by atoms with Gasteiger partial charge in [-0.1, -0.05) is 200 Å². The van der Waals surface area contributed by atoms with Crippen LogP contribution in [0, 0.1) is 0 Å². The van der Waals surface area contributed by atoms with E-state index in [1.165, 1.54) is 110 Å². The van der Waals surface area contributed by atoms with Crippen molar-refractivity contribution >= 4 is 103 Å². The molecular formula is C83H70B3N3O6. The molecule has 0 radical (unpaired) electrons. The maximum atomic E-state index is 6.30. The molecule has 3 fully saturated rings. The second kappa shape index (κ2) is 25.4. The molecule has 0 aliphatic carbocycles. The largest absolute Gasteiger partial charge is 0.494 e. The van der Waals surface area contributed by atoms with Gasteiger partial charge in [-0.3, -0.25) is 0 Å². The van der Waals surface area contributed by atoms with E-state index in [1.54, 1.807) is 0 Å². The third-order valence-corrected chi connectivity index (χ3v) is 19.2. The topological polar surface area (TPSA) is 70.2 Å². The van der Waals surface area contributed by atoms with Crippen LogP contribution in [0.1, 0.15) is 34.1 Å². The molecule has 3 aliphatic heterocycles. The molecule has 0 unspecified atom stereocenters. The molecule has 12 heteroatoms. The van der Waals surface area contributed by atoms with Gasteiger partial charge in [0.2, 0.25) is 0 Å². The minimum absolute atomic E-state index is 0.256. The second-order valence-electron chi connectivity index (χ2n) is 25.7. The molecule has 0 bridgehead atoms. The Hall–Kier alpha value is -10.0. The van der Waals surface area contributed by atoms with Crippen LogP contribution >= 0.6 is 0 Å². The second-order valence-corrected chi connectivity index (χ2v) is 25.7. The quantitative estimate of drug-likeness (QED) is 0.134. The van der Waals surface area contributed by atoms with Crippen LogP contribution in [-0.4, -0.2) is 72.7 Å². The highest BCUT2D eigenvalue weighted by atomic mass is 16.7. The van der Waals surface area contributed by atoms with Crippen molar-refractivity contribution in [3.8, 4) is 50.4 Å². The third kappa shape index (κ3) is 11.5. The summed E-state index contributed by atoms with van der Waals surface area (Å²) in [5.41, 5.74) is 20.4. The number of hydrogen-bond donors (Lipinski definition) is 0. The molecule has 3 aromatic heterocycles. The van der Waals surface area contributed by atoms with Crippen LogP contribution in [0.25, 0.3) is 116 Å². The molecule has 12 aromatic carbocycles. The molecular weight excluding hydrogens is 1170 g/mol. The summed E-state index contributed by atoms with van der Waals surface area (Å²) in [4.78, 5) is 0. The minimum Gasteiger partial charge on any atom is -0.407 e. The summed E-state index contributed by atoms with van der Waals surface area (Å²) in [5, 5.41) is 7.54. The summed E-state index contributed by atoms with van der Waals surface area (Å²) in [5.74, 6) is 0. The summed E-state index contributed by atoms with van der Waals surface area (Å²) in [7, 11) is -0.889. The number of nitrogens with zero attached hydrogens (tertiary/aromatic N) is 3. The van der Waals surface area contributed by atoms with Crippen LogP contribution in [0.15, 0.2) is 291 Å². The average Bonchev–Trinajstić information content (AvgIpc) is 1.62. The molecule has 462 valence electrons. The average molecular weight is 1240 g/mol. The zero-order valence-electron chi connectivity index (χ0n) is 53.8. The third-order valence-electron chi connectivity index (χ3n) is 19.2. The first kappa shape index (κ1) is 60.0. The van der Waals surface area contributed by atoms with E-state index in [-0.39, 0.29) is 32.6 Å². The highest BCUT2D eigenvalue weighted by Gasteiger charge is 2.51. The zero-order valence-corrected chi connectivity index (χ0v) is 53.8. The van der Waals surface area contributed by atoms with Gasteiger partial charge in [0.25, 0.3) is 0 Å². The van der Waals surface area contributed by atoms with Crippen molar-refractivity contribution in [2.24, 2.45) is 0 Å². The van der Waals surface area contributed by atoms with Gasteiger partial charge in [-0.15, -0.1) is 0 Å². The molecule has 18 rings (SSSR count). The number of hydrogen-bond acceptors (Lipinski definition) is 6. The molecule has 6 heterocycles. The molecule has 0 spiro atoms. The molecule has 0 atom stereocenters. The predicted molar refractivity (Wildman–Crippen MR) is 394 cm³/mol. The standard InChI is InChI=1S/C30H28BNO2.C27H22BNO2.C26H20BNO2/c1-29(2)30(3,4)34-31(33-29)23-12-10-11-21(19-23)22-17-18-28-26(20-22)25-15-8-9-16-27(25)32(28)24-13-6-5-7-14-24;1-2-10-23(11-3-1)29-26-13-5-4-12-24(26)25-19-21(14-15-27(25)29)20-8-6-9-22(18-20)28-30-16-7-17-31-28;1-2-9-22(10-3-1)28-25-12-5-4-11-23(25)24-18-20(13-14-26(24)28)19-7-6-8-21(17-19)27-29-15-16-30-27/h5-20H,1-4H3;1-6,8-15,18-19H,7,16-17H2;1-14,17-18H,15-16H2. The number of rotatable bonds is 9. The van der Waals surface area contributed by atoms with Crippen molar-refractivity contribution < 1.29 is 27.9 Å². The maximum Gasteiger partial charge on any atom is 0.494 e. The lowest BCUT2D eigenvalue weighted by Crippen LogP contribution is -2.41. The molecule has 95 heavy (non-hydrogen) atoms. The van der Waals surface area contributed by atoms with Crippen molar-refractivity contribution in [2.75, 3.05) is 26.4 Å². The Morgan fingerprint density at radius 1 is 0.253 bits per heavy atom. The molecule has 3 saturated heterocycles. The van der Waals surface area contributed by atoms with Crippen molar-refractivity contribution in [1.29, 1.82) is 0 Å². The first-order valence-corrected chi connectivity index (χ1v) is 33.0. The highest BCUT2D eigenvalue weighted by Crippen LogP contribution is 2.40. The van der Waals surface area contributed by atoms with E-state index in [4.69, 9.17) is 27.9 Å². The number of para-hydroxylation sites is 6. The Morgan fingerprint density at radius 2 is 0.537 bits per heavy atom. The van der Waals surface area contributed by atoms with Gasteiger partial charge in [-0.2, -0.15) is 0 Å². The zero-order chi connectivity index (χ0) is 64.0. The number of benzene rings is 12. The molecule has 0 amide bonds. The van der Waals surface area contributed by atoms with Crippen molar-refractivity contribution in [2.45, 2.75) is 45.3 Å². The minimum atomic E-state index is -0.367. The van der Waals surface area contributed by atoms with E-state index in [2.05, 4.69) is 333 Å². The van der Waals surface area contributed by atoms with Crippen molar-refractivity contribution in [3.05, 3.63) is 291 Å². The Labute approximate surface area is 555 Å². The highest BCUT2D eigenvalue weighted by molar-refractivity contribution is 6.62. The monoisotopic (exact) mass is 1240 g/mol. The molecule has 15 aromatic rings. The van der Waals surface area contributed by atoms with Gasteiger partial charge < -0.3 is 41.6 Å². The van der Waals surface area contributed by atoms with Crippen LogP contribution in [0.5, 0.6) is 0 Å². The number of fused-ring (bicyclic) bond motifs is 9. The van der Waals surface area contributed by atoms with Crippen LogP contribution < -0.4 is 16.4 Å². The van der Waals surface area contributed by atoms with Gasteiger partial charge >= 0.3 is 21.4 Å². The van der Waals surface area contributed by atoms with Crippen LogP contribution in [0.3, 0.4) is 0 Å². The molecule has 0 N–H and O–H groups in total. The van der Waals surface area contributed by atoms with Crippen LogP contribution in [-0.2, 0) is 27.9 Å². The summed E-state index contributed by atoms with van der Waals surface area (Å²) >= 11 is 0. The van der Waals surface area contributed by atoms with Crippen LogP contribution in [0.2, 0.25) is 0 Å². The van der Waals surface area contributed by atoms with E-state index in [9.17, 15) is 0 Å². The summed E-state index contributed by atoms with van der Waals surface area (Å²) in [6.07, 6.45) is 0.957. The molecule has 0 saturated carbocycles. The van der Waals surface area contributed by atoms with Gasteiger partial charge in [0.15, 0.2) is 0 Å². The van der Waals surface area contributed by atoms with E-state index >= 15 is 0 Å². The molecule has 9 nitrogen and oxygen atoms in total. The van der Waals surface area contributed by atoms with Crippen molar-refractivity contribution in [1.82, 2.24) is 13.7 Å². The smallest absolute Gasteiger partial charge is 0.407 e. The fourth-order valence-electron chi connectivity index (χ4n) is 13.8. The summed E-state index contributed by atoms with van der Waals surface area (Å²) in [6.45, 7) is 11.2. The van der Waals surface area contributed by atoms with Crippen LogP contribution in [0.4, 0.5) is 0 Å². The first-order chi connectivity index (χ1) is 46.6. The van der Waals surface area contributed by atoms with Gasteiger partial charge in [-0.25, -0.2) is 0 Å². The lowest BCUT2D eigenvalue weighted by molar-refractivity contribution is 0.00578. The summed E-state index contributed by atoms with van der Waals surface area (Å²) < 4.78 is 42.6. The van der Waals surface area contributed by atoms with Gasteiger partial charge in [-0.05, 0) is 175 Å². The van der Waals surface area contributed by atoms with Gasteiger partial charge in [0.1, 0.15) is 0 Å². The Balaban J connectivity index is 0.000000113. The SMILES string of the molecule is CC1(C)OB(c2cccc(-c3ccc4c(c3)c3ccccc3n4-c3ccccc3)c2)OC1(C)C.c1ccc(-n2c3ccccc3c3cc(-c4cccc(B5OCCCO5)c4)ccc32)cc1.c1ccc(-n2c3ccccc3c3cc(-c4cccc(B5OCCO5)c4)ccc32)cc1.